The molecule has 1 atom stereocenters. The average molecular weight is 262 g/mol. The van der Waals surface area contributed by atoms with Gasteiger partial charge in [0.05, 0.1) is 5.92 Å². The number of hydrogen-bond acceptors (Lipinski definition) is 6. The van der Waals surface area contributed by atoms with Crippen LogP contribution in [0.2, 0.25) is 0 Å². The predicted octanol–water partition coefficient (Wildman–Crippen LogP) is 0.958. The quantitative estimate of drug-likeness (QED) is 0.821. The van der Waals surface area contributed by atoms with Crippen molar-refractivity contribution in [3.8, 4) is 11.8 Å². The number of nitrogens with two attached hydrogens (primary N) is 1. The molecule has 0 aromatic carbocycles. The summed E-state index contributed by atoms with van der Waals surface area (Å²) >= 11 is 0. The smallest absolute Gasteiger partial charge is 0.228 e. The molecule has 0 radical (unpaired) electrons. The van der Waals surface area contributed by atoms with Crippen LogP contribution in [0.5, 0.6) is 5.75 Å². The Bertz CT molecular complexity index is 637. The van der Waals surface area contributed by atoms with Gasteiger partial charge in [-0.3, -0.25) is 4.79 Å². The maximum absolute atomic E-state index is 11.9. The highest BCUT2D eigenvalue weighted by molar-refractivity contribution is 5.45. The summed E-state index contributed by atoms with van der Waals surface area (Å²) in [7, 11) is 0. The molecule has 0 saturated carbocycles. The van der Waals surface area contributed by atoms with E-state index in [1.807, 2.05) is 19.9 Å². The average Bonchev–Trinajstić information content (AvgIpc) is 2.37. The van der Waals surface area contributed by atoms with E-state index in [1.54, 1.807) is 0 Å². The number of nitrogens with zero attached hydrogens (tertiary/aromatic N) is 1. The van der Waals surface area contributed by atoms with E-state index in [1.165, 1.54) is 0 Å². The second kappa shape index (κ2) is 4.78. The normalized spacial score (nSPS) is 17.9. The van der Waals surface area contributed by atoms with Gasteiger partial charge < -0.3 is 20.0 Å². The molecule has 6 heteroatoms. The first kappa shape index (κ1) is 13.2. The maximum Gasteiger partial charge on any atom is 0.228 e. The molecular weight excluding hydrogens is 248 g/mol. The Labute approximate surface area is 109 Å². The molecule has 1 aliphatic rings. The van der Waals surface area contributed by atoms with Crippen molar-refractivity contribution in [3.63, 3.8) is 0 Å². The molecule has 2 heterocycles. The Morgan fingerprint density at radius 1 is 1.58 bits per heavy atom. The largest absolute Gasteiger partial charge is 0.459 e. The van der Waals surface area contributed by atoms with Crippen molar-refractivity contribution in [3.05, 3.63) is 39.3 Å². The first-order valence-electron chi connectivity index (χ1n) is 5.85. The fraction of sp³-hybridized carbons (Fsp3) is 0.385. The summed E-state index contributed by atoms with van der Waals surface area (Å²) in [5, 5.41) is 18.3. The molecule has 19 heavy (non-hydrogen) atoms. The summed E-state index contributed by atoms with van der Waals surface area (Å²) in [6.07, 6.45) is 0. The van der Waals surface area contributed by atoms with Gasteiger partial charge in [-0.15, -0.1) is 0 Å². The summed E-state index contributed by atoms with van der Waals surface area (Å²) in [5.41, 5.74) is 5.49. The summed E-state index contributed by atoms with van der Waals surface area (Å²) in [6, 6.07) is 3.14. The molecule has 0 amide bonds. The SMILES string of the molecule is CC(C)C1C(C#N)=C(N)Oc2c1oc(CO)cc2=O. The van der Waals surface area contributed by atoms with Crippen LogP contribution in [0, 0.1) is 17.2 Å². The first-order valence-corrected chi connectivity index (χ1v) is 5.85. The molecule has 0 spiro atoms. The van der Waals surface area contributed by atoms with Gasteiger partial charge in [0, 0.05) is 6.07 Å². The zero-order valence-electron chi connectivity index (χ0n) is 10.6. The third-order valence-corrected chi connectivity index (χ3v) is 2.99. The van der Waals surface area contributed by atoms with Crippen molar-refractivity contribution in [2.24, 2.45) is 11.7 Å². The molecule has 100 valence electrons. The van der Waals surface area contributed by atoms with Crippen molar-refractivity contribution in [1.82, 2.24) is 0 Å². The number of allylic oxidation sites excluding steroid dienone is 1. The van der Waals surface area contributed by atoms with E-state index in [2.05, 4.69) is 0 Å². The summed E-state index contributed by atoms with van der Waals surface area (Å²) < 4.78 is 10.7. The minimum absolute atomic E-state index is 0.00653. The second-order valence-electron chi connectivity index (χ2n) is 4.64. The Balaban J connectivity index is 2.71. The zero-order chi connectivity index (χ0) is 14.2. The van der Waals surface area contributed by atoms with Crippen molar-refractivity contribution in [1.29, 1.82) is 5.26 Å². The minimum atomic E-state index is -0.451. The lowest BCUT2D eigenvalue weighted by Crippen LogP contribution is -2.27. The van der Waals surface area contributed by atoms with Gasteiger partial charge in [-0.25, -0.2) is 0 Å². The van der Waals surface area contributed by atoms with Crippen LogP contribution in [0.3, 0.4) is 0 Å². The van der Waals surface area contributed by atoms with E-state index in [9.17, 15) is 4.79 Å². The number of nitriles is 1. The van der Waals surface area contributed by atoms with Crippen LogP contribution in [0.25, 0.3) is 0 Å². The van der Waals surface area contributed by atoms with Gasteiger partial charge in [0.25, 0.3) is 0 Å². The molecule has 0 saturated heterocycles. The third-order valence-electron chi connectivity index (χ3n) is 2.99. The van der Waals surface area contributed by atoms with E-state index in [4.69, 9.17) is 25.3 Å². The van der Waals surface area contributed by atoms with Gasteiger partial charge in [0.15, 0.2) is 5.76 Å². The molecule has 1 unspecified atom stereocenters. The lowest BCUT2D eigenvalue weighted by molar-refractivity contribution is 0.225. The molecule has 6 nitrogen and oxygen atoms in total. The Hall–Kier alpha value is -2.26. The first-order chi connectivity index (χ1) is 8.99. The van der Waals surface area contributed by atoms with Crippen LogP contribution in [0.4, 0.5) is 0 Å². The van der Waals surface area contributed by atoms with Gasteiger partial charge in [0.1, 0.15) is 24.0 Å². The van der Waals surface area contributed by atoms with Crippen LogP contribution < -0.4 is 15.9 Å². The monoisotopic (exact) mass is 262 g/mol. The molecule has 2 rings (SSSR count). The lowest BCUT2D eigenvalue weighted by Gasteiger charge is -2.26. The maximum atomic E-state index is 11.9. The van der Waals surface area contributed by atoms with Gasteiger partial charge in [0.2, 0.25) is 17.1 Å². The van der Waals surface area contributed by atoms with Gasteiger partial charge >= 0.3 is 0 Å². The lowest BCUT2D eigenvalue weighted by atomic mass is 9.85. The molecule has 1 aromatic heterocycles. The molecule has 1 aliphatic heterocycles. The van der Waals surface area contributed by atoms with Gasteiger partial charge in [-0.2, -0.15) is 5.26 Å². The second-order valence-corrected chi connectivity index (χ2v) is 4.64. The number of ether oxygens (including phenoxy) is 1. The summed E-state index contributed by atoms with van der Waals surface area (Å²) in [5.74, 6) is -0.154. The van der Waals surface area contributed by atoms with E-state index < -0.39 is 18.0 Å². The number of fused-ring (bicyclic) bond motifs is 1. The van der Waals surface area contributed by atoms with Crippen LogP contribution >= 0.6 is 0 Å². The fourth-order valence-corrected chi connectivity index (χ4v) is 2.14. The Morgan fingerprint density at radius 3 is 2.79 bits per heavy atom. The van der Waals surface area contributed by atoms with E-state index in [-0.39, 0.29) is 34.6 Å². The van der Waals surface area contributed by atoms with E-state index in [0.29, 0.717) is 0 Å². The van der Waals surface area contributed by atoms with Gasteiger partial charge in [-0.05, 0) is 5.92 Å². The molecule has 0 fully saturated rings. The highest BCUT2D eigenvalue weighted by Crippen LogP contribution is 2.40. The van der Waals surface area contributed by atoms with E-state index in [0.717, 1.165) is 6.07 Å². The highest BCUT2D eigenvalue weighted by atomic mass is 16.5. The van der Waals surface area contributed by atoms with Crippen LogP contribution in [0.15, 0.2) is 26.7 Å². The zero-order valence-corrected chi connectivity index (χ0v) is 10.6. The molecule has 1 aromatic rings. The predicted molar refractivity (Wildman–Crippen MR) is 65.9 cm³/mol. The van der Waals surface area contributed by atoms with Crippen molar-refractivity contribution < 1.29 is 14.3 Å². The molecule has 0 aliphatic carbocycles. The minimum Gasteiger partial charge on any atom is -0.459 e. The number of aliphatic hydroxyl groups is 1. The highest BCUT2D eigenvalue weighted by Gasteiger charge is 2.35. The van der Waals surface area contributed by atoms with Crippen molar-refractivity contribution in [2.75, 3.05) is 0 Å². The standard InChI is InChI=1S/C13H14N2O4/c1-6(2)10-8(4-14)13(15)19-11-9(17)3-7(5-16)18-12(10)11/h3,6,10,16H,5,15H2,1-2H3. The van der Waals surface area contributed by atoms with Crippen LogP contribution in [-0.2, 0) is 6.61 Å². The molecular formula is C13H14N2O4. The third kappa shape index (κ3) is 2.09. The number of hydrogen-bond donors (Lipinski definition) is 2. The summed E-state index contributed by atoms with van der Waals surface area (Å²) in [6.45, 7) is 3.38. The summed E-state index contributed by atoms with van der Waals surface area (Å²) in [4.78, 5) is 11.9. The number of aliphatic hydroxyl groups excluding tert-OH is 1. The Kier molecular flexibility index (Phi) is 3.32. The van der Waals surface area contributed by atoms with Gasteiger partial charge in [-0.1, -0.05) is 13.8 Å². The van der Waals surface area contributed by atoms with E-state index >= 15 is 0 Å². The topological polar surface area (TPSA) is 109 Å². The van der Waals surface area contributed by atoms with Crippen LogP contribution in [0.1, 0.15) is 31.3 Å². The molecule has 0 bridgehead atoms. The van der Waals surface area contributed by atoms with Crippen LogP contribution in [-0.4, -0.2) is 5.11 Å². The fourth-order valence-electron chi connectivity index (χ4n) is 2.14. The Morgan fingerprint density at radius 2 is 2.26 bits per heavy atom. The van der Waals surface area contributed by atoms with Crippen molar-refractivity contribution in [2.45, 2.75) is 26.4 Å². The number of rotatable bonds is 2. The molecule has 3 N–H and O–H groups in total. The van der Waals surface area contributed by atoms with Crippen molar-refractivity contribution >= 4 is 0 Å².